The van der Waals surface area contributed by atoms with Crippen molar-refractivity contribution in [1.82, 2.24) is 4.57 Å². The topological polar surface area (TPSA) is 51.1 Å². The number of anilines is 1. The van der Waals surface area contributed by atoms with E-state index >= 15 is 0 Å². The Kier molecular flexibility index (Phi) is 4.77. The molecule has 4 nitrogen and oxygen atoms in total. The molecule has 0 spiro atoms. The summed E-state index contributed by atoms with van der Waals surface area (Å²) >= 11 is 11.9. The molecule has 0 fully saturated rings. The monoisotopic (exact) mass is 398 g/mol. The number of carbonyl (C=O) groups is 2. The first-order chi connectivity index (χ1) is 13.0. The Balaban J connectivity index is 1.55. The third kappa shape index (κ3) is 3.38. The predicted molar refractivity (Wildman–Crippen MR) is 107 cm³/mol. The van der Waals surface area contributed by atoms with E-state index in [4.69, 9.17) is 23.2 Å². The van der Waals surface area contributed by atoms with Gasteiger partial charge >= 0.3 is 0 Å². The molecule has 6 heteroatoms. The van der Waals surface area contributed by atoms with Gasteiger partial charge in [-0.3, -0.25) is 9.59 Å². The second-order valence-corrected chi connectivity index (χ2v) is 7.26. The Hall–Kier alpha value is -2.56. The molecule has 0 radical (unpaired) electrons. The van der Waals surface area contributed by atoms with Crippen LogP contribution in [0, 0.1) is 0 Å². The summed E-state index contributed by atoms with van der Waals surface area (Å²) in [7, 11) is 0. The molecule has 136 valence electrons. The maximum absolute atomic E-state index is 12.8. The number of nitrogens with one attached hydrogen (secondary N) is 1. The number of rotatable bonds is 4. The van der Waals surface area contributed by atoms with Crippen LogP contribution in [0.15, 0.2) is 60.7 Å². The number of amides is 1. The minimum atomic E-state index is -0.309. The molecule has 4 rings (SSSR count). The number of nitrogens with zero attached hydrogens (tertiary/aromatic N) is 1. The summed E-state index contributed by atoms with van der Waals surface area (Å²) in [6.45, 7) is 0.635. The number of fused-ring (bicyclic) bond motifs is 1. The van der Waals surface area contributed by atoms with Crippen LogP contribution in [0.3, 0.4) is 0 Å². The van der Waals surface area contributed by atoms with Crippen LogP contribution in [0.25, 0.3) is 0 Å². The van der Waals surface area contributed by atoms with E-state index in [1.54, 1.807) is 36.4 Å². The van der Waals surface area contributed by atoms with Gasteiger partial charge in [-0.15, -0.1) is 0 Å². The number of benzene rings is 2. The second kappa shape index (κ2) is 7.22. The zero-order chi connectivity index (χ0) is 19.0. The van der Waals surface area contributed by atoms with E-state index in [0.29, 0.717) is 40.0 Å². The van der Waals surface area contributed by atoms with Gasteiger partial charge in [0.2, 0.25) is 11.7 Å². The quantitative estimate of drug-likeness (QED) is 0.617. The number of aromatic nitrogens is 1. The van der Waals surface area contributed by atoms with Gasteiger partial charge in [-0.2, -0.15) is 0 Å². The van der Waals surface area contributed by atoms with Crippen molar-refractivity contribution in [2.75, 3.05) is 5.32 Å². The van der Waals surface area contributed by atoms with Gasteiger partial charge in [0.05, 0.1) is 21.7 Å². The Morgan fingerprint density at radius 1 is 0.963 bits per heavy atom. The molecule has 0 bridgehead atoms. The van der Waals surface area contributed by atoms with E-state index in [-0.39, 0.29) is 17.6 Å². The molecule has 1 aromatic heterocycles. The fraction of sp³-hybridized carbons (Fsp3) is 0.143. The van der Waals surface area contributed by atoms with E-state index in [0.717, 1.165) is 5.69 Å². The van der Waals surface area contributed by atoms with Gasteiger partial charge in [0, 0.05) is 23.5 Å². The highest BCUT2D eigenvalue weighted by Crippen LogP contribution is 2.33. The number of ketones is 1. The highest BCUT2D eigenvalue weighted by molar-refractivity contribution is 6.42. The normalized spacial score (nSPS) is 15.4. The fourth-order valence-corrected chi connectivity index (χ4v) is 3.75. The van der Waals surface area contributed by atoms with E-state index in [2.05, 4.69) is 5.32 Å². The molecule has 27 heavy (non-hydrogen) atoms. The van der Waals surface area contributed by atoms with Crippen molar-refractivity contribution in [2.45, 2.75) is 18.9 Å². The van der Waals surface area contributed by atoms with Crippen LogP contribution in [0.2, 0.25) is 10.0 Å². The van der Waals surface area contributed by atoms with Gasteiger partial charge in [0.15, 0.2) is 0 Å². The molecule has 1 amide bonds. The SMILES string of the molecule is O=C(c1ccccc1)c1ccc2n1CCC2C(=O)Nc1ccc(Cl)c(Cl)c1. The lowest BCUT2D eigenvalue weighted by Crippen LogP contribution is -2.19. The molecule has 1 aliphatic rings. The molecule has 1 aliphatic heterocycles. The minimum absolute atomic E-state index is 0.0348. The number of carbonyl (C=O) groups excluding carboxylic acids is 2. The van der Waals surface area contributed by atoms with E-state index in [1.165, 1.54) is 0 Å². The second-order valence-electron chi connectivity index (χ2n) is 6.45. The zero-order valence-electron chi connectivity index (χ0n) is 14.3. The molecule has 0 saturated heterocycles. The molecule has 0 aliphatic carbocycles. The number of halogens is 2. The lowest BCUT2D eigenvalue weighted by molar-refractivity contribution is -0.117. The predicted octanol–water partition coefficient (Wildman–Crippen LogP) is 5.15. The molecule has 1 atom stereocenters. The maximum Gasteiger partial charge on any atom is 0.233 e. The van der Waals surface area contributed by atoms with Crippen LogP contribution in [0.5, 0.6) is 0 Å². The third-order valence-electron chi connectivity index (χ3n) is 4.79. The third-order valence-corrected chi connectivity index (χ3v) is 5.52. The maximum atomic E-state index is 12.8. The van der Waals surface area contributed by atoms with Crippen LogP contribution >= 0.6 is 23.2 Å². The molecule has 0 saturated carbocycles. The molecular weight excluding hydrogens is 383 g/mol. The van der Waals surface area contributed by atoms with Gasteiger partial charge in [0.1, 0.15) is 0 Å². The highest BCUT2D eigenvalue weighted by atomic mass is 35.5. The van der Waals surface area contributed by atoms with Crippen LogP contribution < -0.4 is 5.32 Å². The van der Waals surface area contributed by atoms with Crippen molar-refractivity contribution < 1.29 is 9.59 Å². The van der Waals surface area contributed by atoms with Crippen LogP contribution in [0.1, 0.15) is 34.1 Å². The molecule has 2 aromatic carbocycles. The molecular formula is C21H16Cl2N2O2. The minimum Gasteiger partial charge on any atom is -0.341 e. The van der Waals surface area contributed by atoms with Gasteiger partial charge in [-0.25, -0.2) is 0 Å². The molecule has 1 N–H and O–H groups in total. The van der Waals surface area contributed by atoms with Gasteiger partial charge < -0.3 is 9.88 Å². The Bertz CT molecular complexity index is 1030. The first-order valence-corrected chi connectivity index (χ1v) is 9.35. The Morgan fingerprint density at radius 3 is 2.48 bits per heavy atom. The highest BCUT2D eigenvalue weighted by Gasteiger charge is 2.32. The largest absolute Gasteiger partial charge is 0.341 e. The lowest BCUT2D eigenvalue weighted by Gasteiger charge is -2.11. The van der Waals surface area contributed by atoms with Crippen molar-refractivity contribution in [1.29, 1.82) is 0 Å². The van der Waals surface area contributed by atoms with E-state index in [9.17, 15) is 9.59 Å². The summed E-state index contributed by atoms with van der Waals surface area (Å²) in [5, 5.41) is 3.71. The average Bonchev–Trinajstić information content (AvgIpc) is 3.27. The van der Waals surface area contributed by atoms with E-state index < -0.39 is 0 Å². The standard InChI is InChI=1S/C21H16Cl2N2O2/c22-16-7-6-14(12-17(16)23)24-21(27)15-10-11-25-18(15)8-9-19(25)20(26)13-4-2-1-3-5-13/h1-9,12,15H,10-11H2,(H,24,27). The van der Waals surface area contributed by atoms with Crippen molar-refractivity contribution in [3.63, 3.8) is 0 Å². The Labute approximate surface area is 166 Å². The van der Waals surface area contributed by atoms with Crippen molar-refractivity contribution >= 4 is 40.6 Å². The van der Waals surface area contributed by atoms with Crippen molar-refractivity contribution in [2.24, 2.45) is 0 Å². The first kappa shape index (κ1) is 17.8. The molecule has 1 unspecified atom stereocenters. The summed E-state index contributed by atoms with van der Waals surface area (Å²) in [5.41, 5.74) is 2.70. The molecule has 2 heterocycles. The van der Waals surface area contributed by atoms with Gasteiger partial charge in [-0.1, -0.05) is 53.5 Å². The summed E-state index contributed by atoms with van der Waals surface area (Å²) in [4.78, 5) is 25.5. The van der Waals surface area contributed by atoms with Gasteiger partial charge in [0.25, 0.3) is 0 Å². The Morgan fingerprint density at radius 2 is 1.74 bits per heavy atom. The fourth-order valence-electron chi connectivity index (χ4n) is 3.45. The van der Waals surface area contributed by atoms with Crippen molar-refractivity contribution in [3.8, 4) is 0 Å². The number of hydrogen-bond acceptors (Lipinski definition) is 2. The summed E-state index contributed by atoms with van der Waals surface area (Å²) in [6.07, 6.45) is 0.651. The average molecular weight is 399 g/mol. The smallest absolute Gasteiger partial charge is 0.233 e. The summed E-state index contributed by atoms with van der Waals surface area (Å²) in [6, 6.07) is 17.8. The van der Waals surface area contributed by atoms with Crippen molar-refractivity contribution in [3.05, 3.63) is 87.7 Å². The lowest BCUT2D eigenvalue weighted by atomic mass is 10.0. The molecule has 3 aromatic rings. The summed E-state index contributed by atoms with van der Waals surface area (Å²) in [5.74, 6) is -0.465. The van der Waals surface area contributed by atoms with Crippen LogP contribution in [-0.2, 0) is 11.3 Å². The van der Waals surface area contributed by atoms with Crippen LogP contribution in [0.4, 0.5) is 5.69 Å². The van der Waals surface area contributed by atoms with Gasteiger partial charge in [-0.05, 0) is 36.8 Å². The zero-order valence-corrected chi connectivity index (χ0v) is 15.8. The van der Waals surface area contributed by atoms with E-state index in [1.807, 2.05) is 28.8 Å². The number of hydrogen-bond donors (Lipinski definition) is 1. The van der Waals surface area contributed by atoms with Crippen LogP contribution in [-0.4, -0.2) is 16.3 Å². The first-order valence-electron chi connectivity index (χ1n) is 8.59. The summed E-state index contributed by atoms with van der Waals surface area (Å²) < 4.78 is 1.94.